The number of nitrogens with zero attached hydrogens (tertiary/aromatic N) is 2. The first kappa shape index (κ1) is 20.8. The molecule has 0 aromatic heterocycles. The number of aliphatic imine (C=N–C) groups is 1. The third-order valence-corrected chi connectivity index (χ3v) is 7.94. The maximum atomic E-state index is 6.30. The molecule has 146 valence electrons. The molecule has 27 heavy (non-hydrogen) atoms. The van der Waals surface area contributed by atoms with Crippen LogP contribution in [-0.2, 0) is 0 Å². The van der Waals surface area contributed by atoms with Crippen LogP contribution < -0.4 is 0 Å². The number of thioether (sulfide) groups is 1. The van der Waals surface area contributed by atoms with E-state index in [2.05, 4.69) is 24.5 Å². The van der Waals surface area contributed by atoms with E-state index < -0.39 is 0 Å². The molecule has 1 aliphatic heterocycles. The van der Waals surface area contributed by atoms with Crippen molar-refractivity contribution in [1.29, 1.82) is 0 Å². The Morgan fingerprint density at radius 1 is 1.19 bits per heavy atom. The van der Waals surface area contributed by atoms with E-state index in [-0.39, 0.29) is 0 Å². The molecule has 0 amide bonds. The summed E-state index contributed by atoms with van der Waals surface area (Å²) in [5, 5.41) is 1.13. The monoisotopic (exact) mass is 422 g/mol. The molecule has 1 aromatic rings. The van der Waals surface area contributed by atoms with E-state index in [0.29, 0.717) is 15.5 Å². The van der Waals surface area contributed by atoms with Crippen LogP contribution in [0.25, 0.3) is 0 Å². The van der Waals surface area contributed by atoms with Crippen molar-refractivity contribution in [3.05, 3.63) is 51.6 Å². The van der Waals surface area contributed by atoms with Crippen LogP contribution in [0.1, 0.15) is 52.4 Å². The minimum Gasteiger partial charge on any atom is -0.357 e. The summed E-state index contributed by atoms with van der Waals surface area (Å²) in [6.45, 7) is 10.5. The minimum absolute atomic E-state index is 0.562. The SMILES string of the molecule is C=C(Sc1cccc(Cl)c1Cl)/C(C)=N\C(=C/C)N1CCC2(CCCC2)CC1. The van der Waals surface area contributed by atoms with Gasteiger partial charge in [0.25, 0.3) is 0 Å². The highest BCUT2D eigenvalue weighted by molar-refractivity contribution is 8.04. The molecule has 0 bridgehead atoms. The highest BCUT2D eigenvalue weighted by atomic mass is 35.5. The smallest absolute Gasteiger partial charge is 0.124 e. The second kappa shape index (κ2) is 9.07. The van der Waals surface area contributed by atoms with E-state index in [1.54, 1.807) is 6.07 Å². The quantitative estimate of drug-likeness (QED) is 0.358. The molecule has 0 atom stereocenters. The first-order valence-electron chi connectivity index (χ1n) is 9.72. The van der Waals surface area contributed by atoms with Gasteiger partial charge in [-0.1, -0.05) is 60.5 Å². The van der Waals surface area contributed by atoms with Crippen molar-refractivity contribution in [2.75, 3.05) is 13.1 Å². The Balaban J connectivity index is 1.64. The maximum absolute atomic E-state index is 6.30. The summed E-state index contributed by atoms with van der Waals surface area (Å²) < 4.78 is 0. The van der Waals surface area contributed by atoms with Crippen molar-refractivity contribution in [3.8, 4) is 0 Å². The molecule has 2 fully saturated rings. The molecule has 2 aliphatic rings. The Bertz CT molecular complexity index is 754. The molecule has 2 nitrogen and oxygen atoms in total. The zero-order chi connectivity index (χ0) is 19.4. The van der Waals surface area contributed by atoms with Gasteiger partial charge in [-0.05, 0) is 63.2 Å². The van der Waals surface area contributed by atoms with Gasteiger partial charge >= 0.3 is 0 Å². The second-order valence-corrected chi connectivity index (χ2v) is 9.54. The number of piperidine rings is 1. The number of likely N-dealkylation sites (tertiary alicyclic amines) is 1. The Morgan fingerprint density at radius 3 is 2.48 bits per heavy atom. The van der Waals surface area contributed by atoms with Gasteiger partial charge in [0, 0.05) is 22.9 Å². The van der Waals surface area contributed by atoms with Gasteiger partial charge in [0.2, 0.25) is 0 Å². The third-order valence-electron chi connectivity index (χ3n) is 5.91. The van der Waals surface area contributed by atoms with Crippen molar-refractivity contribution < 1.29 is 0 Å². The fourth-order valence-corrected chi connectivity index (χ4v) is 5.43. The lowest BCUT2D eigenvalue weighted by Crippen LogP contribution is -2.38. The van der Waals surface area contributed by atoms with Gasteiger partial charge in [-0.3, -0.25) is 0 Å². The third kappa shape index (κ3) is 4.93. The summed E-state index contributed by atoms with van der Waals surface area (Å²) in [4.78, 5) is 9.12. The number of hydrogen-bond acceptors (Lipinski definition) is 3. The summed E-state index contributed by atoms with van der Waals surface area (Å²) in [7, 11) is 0. The molecule has 1 aliphatic carbocycles. The van der Waals surface area contributed by atoms with Crippen LogP contribution in [0.15, 0.2) is 51.5 Å². The highest BCUT2D eigenvalue weighted by Crippen LogP contribution is 2.46. The van der Waals surface area contributed by atoms with Crippen molar-refractivity contribution in [2.24, 2.45) is 10.4 Å². The van der Waals surface area contributed by atoms with E-state index in [9.17, 15) is 0 Å². The van der Waals surface area contributed by atoms with Gasteiger partial charge < -0.3 is 4.90 Å². The molecule has 1 aromatic carbocycles. The average molecular weight is 423 g/mol. The van der Waals surface area contributed by atoms with Gasteiger partial charge in [-0.2, -0.15) is 0 Å². The number of halogens is 2. The molecule has 1 saturated carbocycles. The Kier molecular flexibility index (Phi) is 6.99. The minimum atomic E-state index is 0.562. The van der Waals surface area contributed by atoms with Crippen LogP contribution in [0.3, 0.4) is 0 Å². The van der Waals surface area contributed by atoms with Gasteiger partial charge in [-0.15, -0.1) is 0 Å². The van der Waals surface area contributed by atoms with Crippen LogP contribution in [0.4, 0.5) is 0 Å². The van der Waals surface area contributed by atoms with Crippen LogP contribution >= 0.6 is 35.0 Å². The molecule has 5 heteroatoms. The first-order valence-corrected chi connectivity index (χ1v) is 11.3. The second-order valence-electron chi connectivity index (χ2n) is 7.62. The lowest BCUT2D eigenvalue weighted by atomic mass is 9.77. The van der Waals surface area contributed by atoms with E-state index >= 15 is 0 Å². The van der Waals surface area contributed by atoms with Gasteiger partial charge in [0.15, 0.2) is 0 Å². The molecule has 3 rings (SSSR count). The van der Waals surface area contributed by atoms with Crippen LogP contribution in [-0.4, -0.2) is 23.7 Å². The van der Waals surface area contributed by atoms with Gasteiger partial charge in [0.05, 0.1) is 15.8 Å². The molecular formula is C22H28Cl2N2S. The number of benzene rings is 1. The predicted octanol–water partition coefficient (Wildman–Crippen LogP) is 7.58. The normalized spacial score (nSPS) is 20.4. The van der Waals surface area contributed by atoms with E-state index in [1.165, 1.54) is 50.3 Å². The van der Waals surface area contributed by atoms with Gasteiger partial charge in [-0.25, -0.2) is 4.99 Å². The fourth-order valence-electron chi connectivity index (χ4n) is 4.16. The Morgan fingerprint density at radius 2 is 1.85 bits per heavy atom. The fraction of sp³-hybridized carbons (Fsp3) is 0.500. The van der Waals surface area contributed by atoms with E-state index in [1.807, 2.05) is 19.1 Å². The zero-order valence-corrected chi connectivity index (χ0v) is 18.6. The molecular weight excluding hydrogens is 395 g/mol. The topological polar surface area (TPSA) is 15.6 Å². The van der Waals surface area contributed by atoms with Gasteiger partial charge in [0.1, 0.15) is 5.82 Å². The number of hydrogen-bond donors (Lipinski definition) is 0. The van der Waals surface area contributed by atoms with Crippen LogP contribution in [0.2, 0.25) is 10.0 Å². The Hall–Kier alpha value is -0.900. The lowest BCUT2D eigenvalue weighted by molar-refractivity contribution is 0.132. The first-order chi connectivity index (χ1) is 12.9. The molecule has 1 saturated heterocycles. The average Bonchev–Trinajstić information content (AvgIpc) is 3.12. The van der Waals surface area contributed by atoms with Crippen molar-refractivity contribution in [1.82, 2.24) is 4.90 Å². The standard InChI is InChI=1S/C22H28Cl2N2S/c1-4-20(26-14-12-22(13-15-26)10-5-6-11-22)25-16(2)17(3)27-19-9-7-8-18(23)21(19)24/h4,7-9H,3,5-6,10-15H2,1-2H3/b20-4+,25-16-. The molecule has 0 radical (unpaired) electrons. The van der Waals surface area contributed by atoms with Crippen LogP contribution in [0.5, 0.6) is 0 Å². The lowest BCUT2D eigenvalue weighted by Gasteiger charge is -2.40. The Labute approximate surface area is 177 Å². The van der Waals surface area contributed by atoms with E-state index in [0.717, 1.165) is 34.4 Å². The summed E-state index contributed by atoms with van der Waals surface area (Å²) >= 11 is 13.9. The van der Waals surface area contributed by atoms with Crippen LogP contribution in [0, 0.1) is 5.41 Å². The van der Waals surface area contributed by atoms with Crippen molar-refractivity contribution >= 4 is 40.7 Å². The largest absolute Gasteiger partial charge is 0.357 e. The summed E-state index contributed by atoms with van der Waals surface area (Å²) in [6.07, 6.45) is 10.4. The summed E-state index contributed by atoms with van der Waals surface area (Å²) in [6, 6.07) is 5.66. The molecule has 1 heterocycles. The molecule has 0 unspecified atom stereocenters. The number of allylic oxidation sites excluding steroid dienone is 2. The van der Waals surface area contributed by atoms with E-state index in [4.69, 9.17) is 28.2 Å². The summed E-state index contributed by atoms with van der Waals surface area (Å²) in [5.74, 6) is 1.05. The molecule has 0 N–H and O–H groups in total. The number of rotatable bonds is 5. The summed E-state index contributed by atoms with van der Waals surface area (Å²) in [5.41, 5.74) is 1.54. The highest BCUT2D eigenvalue weighted by Gasteiger charge is 2.37. The van der Waals surface area contributed by atoms with Crippen molar-refractivity contribution in [2.45, 2.75) is 57.3 Å². The zero-order valence-electron chi connectivity index (χ0n) is 16.2. The predicted molar refractivity (Wildman–Crippen MR) is 120 cm³/mol. The molecule has 1 spiro atoms. The van der Waals surface area contributed by atoms with Crippen molar-refractivity contribution in [3.63, 3.8) is 0 Å². The maximum Gasteiger partial charge on any atom is 0.124 e.